The largest absolute Gasteiger partial charge is 0.284 e. The highest BCUT2D eigenvalue weighted by Gasteiger charge is 2.14. The number of hydrogen-bond acceptors (Lipinski definition) is 3. The van der Waals surface area contributed by atoms with Crippen molar-refractivity contribution in [2.24, 2.45) is 0 Å². The SMILES string of the molecule is CC(C)ONS(=O)(=O)c1ccc(-c2ccccc2)cc1. The molecule has 0 aliphatic carbocycles. The van der Waals surface area contributed by atoms with Crippen LogP contribution in [0.4, 0.5) is 0 Å². The predicted molar refractivity (Wildman–Crippen MR) is 78.4 cm³/mol. The monoisotopic (exact) mass is 291 g/mol. The summed E-state index contributed by atoms with van der Waals surface area (Å²) < 4.78 is 23.9. The zero-order chi connectivity index (χ0) is 14.6. The molecule has 4 nitrogen and oxygen atoms in total. The normalized spacial score (nSPS) is 11.8. The number of sulfonamides is 1. The molecule has 0 amide bonds. The minimum atomic E-state index is -3.63. The second-order valence-corrected chi connectivity index (χ2v) is 6.29. The van der Waals surface area contributed by atoms with Gasteiger partial charge in [-0.1, -0.05) is 47.3 Å². The zero-order valence-corrected chi connectivity index (χ0v) is 12.2. The van der Waals surface area contributed by atoms with Crippen LogP contribution in [0.5, 0.6) is 0 Å². The molecule has 0 bridgehead atoms. The highest BCUT2D eigenvalue weighted by molar-refractivity contribution is 7.89. The minimum Gasteiger partial charge on any atom is -0.284 e. The number of nitrogens with one attached hydrogen (secondary N) is 1. The van der Waals surface area contributed by atoms with Crippen LogP contribution in [-0.2, 0) is 14.9 Å². The second-order valence-electron chi connectivity index (χ2n) is 4.64. The predicted octanol–water partition coefficient (Wildman–Crippen LogP) is 2.97. The maximum Gasteiger partial charge on any atom is 0.262 e. The fourth-order valence-corrected chi connectivity index (χ4v) is 2.57. The average molecular weight is 291 g/mol. The first kappa shape index (κ1) is 14.7. The first-order chi connectivity index (χ1) is 9.49. The number of hydrogen-bond donors (Lipinski definition) is 1. The van der Waals surface area contributed by atoms with Gasteiger partial charge in [-0.05, 0) is 37.1 Å². The summed E-state index contributed by atoms with van der Waals surface area (Å²) in [5, 5.41) is 0. The molecule has 2 rings (SSSR count). The quantitative estimate of drug-likeness (QED) is 0.862. The van der Waals surface area contributed by atoms with Crippen molar-refractivity contribution in [2.45, 2.75) is 24.8 Å². The molecule has 106 valence electrons. The molecule has 0 spiro atoms. The number of benzene rings is 2. The van der Waals surface area contributed by atoms with Crippen molar-refractivity contribution in [1.29, 1.82) is 0 Å². The van der Waals surface area contributed by atoms with Gasteiger partial charge < -0.3 is 0 Å². The van der Waals surface area contributed by atoms with Crippen LogP contribution in [0.2, 0.25) is 0 Å². The Hall–Kier alpha value is -1.69. The Morgan fingerprint density at radius 2 is 1.45 bits per heavy atom. The van der Waals surface area contributed by atoms with Gasteiger partial charge in [0, 0.05) is 0 Å². The van der Waals surface area contributed by atoms with Crippen LogP contribution in [-0.4, -0.2) is 14.5 Å². The van der Waals surface area contributed by atoms with E-state index in [1.165, 1.54) is 0 Å². The van der Waals surface area contributed by atoms with Gasteiger partial charge in [0.15, 0.2) is 0 Å². The van der Waals surface area contributed by atoms with E-state index >= 15 is 0 Å². The molecule has 0 aromatic heterocycles. The molecule has 0 unspecified atom stereocenters. The molecule has 0 atom stereocenters. The summed E-state index contributed by atoms with van der Waals surface area (Å²) in [7, 11) is -3.63. The Morgan fingerprint density at radius 1 is 0.900 bits per heavy atom. The molecule has 2 aromatic carbocycles. The lowest BCUT2D eigenvalue weighted by Gasteiger charge is -2.10. The lowest BCUT2D eigenvalue weighted by atomic mass is 10.1. The smallest absolute Gasteiger partial charge is 0.262 e. The van der Waals surface area contributed by atoms with Crippen molar-refractivity contribution in [2.75, 3.05) is 0 Å². The van der Waals surface area contributed by atoms with Gasteiger partial charge in [0.2, 0.25) is 0 Å². The van der Waals surface area contributed by atoms with Crippen molar-refractivity contribution in [3.63, 3.8) is 0 Å². The van der Waals surface area contributed by atoms with Crippen LogP contribution in [0.1, 0.15) is 13.8 Å². The van der Waals surface area contributed by atoms with Gasteiger partial charge in [-0.15, -0.1) is 0 Å². The summed E-state index contributed by atoms with van der Waals surface area (Å²) in [5.74, 6) is 0. The van der Waals surface area contributed by atoms with Gasteiger partial charge in [0.05, 0.1) is 11.0 Å². The summed E-state index contributed by atoms with van der Waals surface area (Å²) >= 11 is 0. The van der Waals surface area contributed by atoms with Crippen LogP contribution in [0.25, 0.3) is 11.1 Å². The van der Waals surface area contributed by atoms with Crippen LogP contribution in [0.3, 0.4) is 0 Å². The molecule has 0 aliphatic rings. The van der Waals surface area contributed by atoms with E-state index in [1.54, 1.807) is 38.1 Å². The van der Waals surface area contributed by atoms with Gasteiger partial charge in [-0.2, -0.15) is 0 Å². The molecule has 1 N–H and O–H groups in total. The maximum atomic E-state index is 11.9. The van der Waals surface area contributed by atoms with E-state index < -0.39 is 10.0 Å². The van der Waals surface area contributed by atoms with Crippen LogP contribution in [0, 0.1) is 0 Å². The molecular formula is C15H17NO3S. The number of rotatable bonds is 5. The Labute approximate surface area is 119 Å². The summed E-state index contributed by atoms with van der Waals surface area (Å²) in [4.78, 5) is 7.22. The van der Waals surface area contributed by atoms with Gasteiger partial charge in [0.1, 0.15) is 0 Å². The van der Waals surface area contributed by atoms with Crippen molar-refractivity contribution in [3.05, 3.63) is 54.6 Å². The standard InChI is InChI=1S/C15H17NO3S/c1-12(2)19-16-20(17,18)15-10-8-14(9-11-15)13-6-4-3-5-7-13/h3-12,16H,1-2H3. The van der Waals surface area contributed by atoms with E-state index in [0.29, 0.717) is 0 Å². The summed E-state index contributed by atoms with van der Waals surface area (Å²) in [6, 6.07) is 16.5. The van der Waals surface area contributed by atoms with Crippen molar-refractivity contribution in [1.82, 2.24) is 4.89 Å². The maximum absolute atomic E-state index is 11.9. The zero-order valence-electron chi connectivity index (χ0n) is 11.4. The van der Waals surface area contributed by atoms with Gasteiger partial charge in [0.25, 0.3) is 10.0 Å². The van der Waals surface area contributed by atoms with Crippen molar-refractivity contribution >= 4 is 10.0 Å². The highest BCUT2D eigenvalue weighted by atomic mass is 32.2. The molecule has 0 saturated carbocycles. The van der Waals surface area contributed by atoms with Crippen molar-refractivity contribution < 1.29 is 13.3 Å². The summed E-state index contributed by atoms with van der Waals surface area (Å²) in [5.41, 5.74) is 2.01. The fourth-order valence-electron chi connectivity index (χ4n) is 1.66. The van der Waals surface area contributed by atoms with Crippen molar-refractivity contribution in [3.8, 4) is 11.1 Å². The molecule has 20 heavy (non-hydrogen) atoms. The van der Waals surface area contributed by atoms with E-state index in [0.717, 1.165) is 11.1 Å². The summed E-state index contributed by atoms with van der Waals surface area (Å²) in [6.07, 6.45) is -0.214. The molecule has 0 heterocycles. The van der Waals surface area contributed by atoms with Crippen LogP contribution < -0.4 is 4.89 Å². The van der Waals surface area contributed by atoms with Gasteiger partial charge in [-0.3, -0.25) is 4.84 Å². The minimum absolute atomic E-state index is 0.179. The molecule has 2 aromatic rings. The third kappa shape index (κ3) is 3.66. The van der Waals surface area contributed by atoms with E-state index in [-0.39, 0.29) is 11.0 Å². The molecule has 0 fully saturated rings. The van der Waals surface area contributed by atoms with Gasteiger partial charge >= 0.3 is 0 Å². The van der Waals surface area contributed by atoms with E-state index in [4.69, 9.17) is 4.84 Å². The molecule has 5 heteroatoms. The molecule has 0 saturated heterocycles. The molecule has 0 radical (unpaired) electrons. The Balaban J connectivity index is 2.20. The van der Waals surface area contributed by atoms with E-state index in [9.17, 15) is 8.42 Å². The Bertz CT molecular complexity index is 649. The first-order valence-corrected chi connectivity index (χ1v) is 7.80. The lowest BCUT2D eigenvalue weighted by molar-refractivity contribution is 0.0409. The third-order valence-corrected chi connectivity index (χ3v) is 3.87. The topological polar surface area (TPSA) is 55.4 Å². The summed E-state index contributed by atoms with van der Waals surface area (Å²) in [6.45, 7) is 3.50. The third-order valence-electron chi connectivity index (χ3n) is 2.67. The molecule has 0 aliphatic heterocycles. The second kappa shape index (κ2) is 6.17. The van der Waals surface area contributed by atoms with E-state index in [2.05, 4.69) is 4.89 Å². The lowest BCUT2D eigenvalue weighted by Crippen LogP contribution is -2.27. The van der Waals surface area contributed by atoms with Crippen LogP contribution in [0.15, 0.2) is 59.5 Å². The first-order valence-electron chi connectivity index (χ1n) is 6.32. The Kier molecular flexibility index (Phi) is 4.54. The van der Waals surface area contributed by atoms with Crippen LogP contribution >= 0.6 is 0 Å². The highest BCUT2D eigenvalue weighted by Crippen LogP contribution is 2.20. The van der Waals surface area contributed by atoms with Gasteiger partial charge in [-0.25, -0.2) is 8.42 Å². The van der Waals surface area contributed by atoms with E-state index in [1.807, 2.05) is 30.3 Å². The average Bonchev–Trinajstić information content (AvgIpc) is 2.46. The Morgan fingerprint density at radius 3 is 2.00 bits per heavy atom. The molecular weight excluding hydrogens is 274 g/mol. The fraction of sp³-hybridized carbons (Fsp3) is 0.200.